The van der Waals surface area contributed by atoms with Gasteiger partial charge in [0.2, 0.25) is 5.91 Å². The fourth-order valence-corrected chi connectivity index (χ4v) is 5.15. The van der Waals surface area contributed by atoms with Crippen LogP contribution in [0.4, 0.5) is 0 Å². The van der Waals surface area contributed by atoms with Gasteiger partial charge in [-0.1, -0.05) is 6.92 Å². The van der Waals surface area contributed by atoms with Crippen LogP contribution in [0.1, 0.15) is 51.1 Å². The molecule has 0 spiro atoms. The summed E-state index contributed by atoms with van der Waals surface area (Å²) < 4.78 is 2.23. The van der Waals surface area contributed by atoms with Gasteiger partial charge in [-0.25, -0.2) is 0 Å². The van der Waals surface area contributed by atoms with Crippen LogP contribution in [0.2, 0.25) is 0 Å². The van der Waals surface area contributed by atoms with E-state index in [1.807, 2.05) is 18.5 Å². The zero-order chi connectivity index (χ0) is 21.5. The van der Waals surface area contributed by atoms with Gasteiger partial charge in [-0.15, -0.1) is 0 Å². The fraction of sp³-hybridized carbons (Fsp3) is 0.600. The molecule has 2 aromatic heterocycles. The standard InChI is InChI=1S/C25H37N5O/c1-2-29-14-4-7-22(29)19-27-25(31)10-9-21-11-16-28(17-12-21)20-24-8-5-15-30(24)23-6-3-13-26-18-23/h3,5-6,8,13,15,18,21-22H,2,4,7,9-12,14,16-17,19-20H2,1H3,(H,27,31). The van der Waals surface area contributed by atoms with Crippen LogP contribution in [-0.4, -0.2) is 64.0 Å². The topological polar surface area (TPSA) is 53.4 Å². The number of nitrogens with zero attached hydrogens (tertiary/aromatic N) is 4. The molecule has 6 nitrogen and oxygen atoms in total. The lowest BCUT2D eigenvalue weighted by Crippen LogP contribution is -2.40. The first-order valence-electron chi connectivity index (χ1n) is 12.0. The lowest BCUT2D eigenvalue weighted by atomic mass is 9.92. The van der Waals surface area contributed by atoms with Crippen LogP contribution < -0.4 is 5.32 Å². The summed E-state index contributed by atoms with van der Waals surface area (Å²) in [6.07, 6.45) is 12.4. The van der Waals surface area contributed by atoms with E-state index in [2.05, 4.69) is 56.0 Å². The van der Waals surface area contributed by atoms with E-state index in [1.165, 1.54) is 37.9 Å². The number of piperidine rings is 1. The highest BCUT2D eigenvalue weighted by Gasteiger charge is 2.24. The predicted molar refractivity (Wildman–Crippen MR) is 124 cm³/mol. The van der Waals surface area contributed by atoms with E-state index >= 15 is 0 Å². The Labute approximate surface area is 186 Å². The quantitative estimate of drug-likeness (QED) is 0.671. The summed E-state index contributed by atoms with van der Waals surface area (Å²) >= 11 is 0. The average Bonchev–Trinajstić information content (AvgIpc) is 3.47. The predicted octanol–water partition coefficient (Wildman–Crippen LogP) is 3.47. The summed E-state index contributed by atoms with van der Waals surface area (Å²) in [5, 5.41) is 3.19. The Morgan fingerprint density at radius 3 is 2.81 bits per heavy atom. The van der Waals surface area contributed by atoms with Crippen molar-refractivity contribution in [3.63, 3.8) is 0 Å². The third-order valence-corrected chi connectivity index (χ3v) is 7.07. The minimum Gasteiger partial charge on any atom is -0.355 e. The molecule has 4 rings (SSSR count). The molecule has 1 amide bonds. The van der Waals surface area contributed by atoms with Crippen LogP contribution in [0.25, 0.3) is 5.69 Å². The van der Waals surface area contributed by atoms with Crippen molar-refractivity contribution >= 4 is 5.91 Å². The van der Waals surface area contributed by atoms with Crippen molar-refractivity contribution in [2.75, 3.05) is 32.7 Å². The van der Waals surface area contributed by atoms with Crippen molar-refractivity contribution in [2.24, 2.45) is 5.92 Å². The summed E-state index contributed by atoms with van der Waals surface area (Å²) in [7, 11) is 0. The summed E-state index contributed by atoms with van der Waals surface area (Å²) in [6, 6.07) is 8.93. The first-order valence-corrected chi connectivity index (χ1v) is 12.0. The van der Waals surface area contributed by atoms with Gasteiger partial charge in [0.1, 0.15) is 0 Å². The number of nitrogens with one attached hydrogen (secondary N) is 1. The molecule has 6 heteroatoms. The Bertz CT molecular complexity index is 812. The molecule has 0 saturated carbocycles. The number of amides is 1. The number of rotatable bonds is 9. The van der Waals surface area contributed by atoms with Crippen molar-refractivity contribution in [2.45, 2.75) is 58.0 Å². The zero-order valence-electron chi connectivity index (χ0n) is 18.9. The van der Waals surface area contributed by atoms with Gasteiger partial charge in [-0.05, 0) is 88.5 Å². The van der Waals surface area contributed by atoms with Gasteiger partial charge in [0.25, 0.3) is 0 Å². The molecule has 2 aliphatic rings. The number of pyridine rings is 1. The van der Waals surface area contributed by atoms with E-state index < -0.39 is 0 Å². The Morgan fingerprint density at radius 2 is 2.03 bits per heavy atom. The highest BCUT2D eigenvalue weighted by atomic mass is 16.1. The Morgan fingerprint density at radius 1 is 1.16 bits per heavy atom. The number of hydrogen-bond acceptors (Lipinski definition) is 4. The third-order valence-electron chi connectivity index (χ3n) is 7.07. The Hall–Kier alpha value is -2.18. The molecule has 2 aliphatic heterocycles. The third kappa shape index (κ3) is 5.95. The maximum atomic E-state index is 12.3. The summed E-state index contributed by atoms with van der Waals surface area (Å²) in [5.74, 6) is 0.908. The van der Waals surface area contributed by atoms with E-state index in [4.69, 9.17) is 0 Å². The zero-order valence-corrected chi connectivity index (χ0v) is 18.9. The maximum absolute atomic E-state index is 12.3. The van der Waals surface area contributed by atoms with E-state index in [0.29, 0.717) is 18.4 Å². The lowest BCUT2D eigenvalue weighted by Gasteiger charge is -2.32. The Balaban J connectivity index is 1.16. The molecule has 31 heavy (non-hydrogen) atoms. The highest BCUT2D eigenvalue weighted by Crippen LogP contribution is 2.24. The number of hydrogen-bond donors (Lipinski definition) is 1. The van der Waals surface area contributed by atoms with Crippen LogP contribution in [0.15, 0.2) is 42.9 Å². The molecular formula is C25H37N5O. The summed E-state index contributed by atoms with van der Waals surface area (Å²) in [5.41, 5.74) is 2.42. The van der Waals surface area contributed by atoms with Gasteiger partial charge in [0, 0.05) is 43.6 Å². The highest BCUT2D eigenvalue weighted by molar-refractivity contribution is 5.75. The van der Waals surface area contributed by atoms with Gasteiger partial charge >= 0.3 is 0 Å². The number of aromatic nitrogens is 2. The van der Waals surface area contributed by atoms with Gasteiger partial charge in [-0.3, -0.25) is 19.6 Å². The smallest absolute Gasteiger partial charge is 0.220 e. The number of carbonyl (C=O) groups excluding carboxylic acids is 1. The second-order valence-corrected chi connectivity index (χ2v) is 9.07. The monoisotopic (exact) mass is 423 g/mol. The van der Waals surface area contributed by atoms with Gasteiger partial charge in [0.05, 0.1) is 11.9 Å². The van der Waals surface area contributed by atoms with Crippen molar-refractivity contribution in [1.82, 2.24) is 24.7 Å². The lowest BCUT2D eigenvalue weighted by molar-refractivity contribution is -0.121. The molecule has 0 aliphatic carbocycles. The minimum absolute atomic E-state index is 0.236. The van der Waals surface area contributed by atoms with Gasteiger partial charge in [-0.2, -0.15) is 0 Å². The van der Waals surface area contributed by atoms with E-state index in [1.54, 1.807) is 0 Å². The molecule has 2 aromatic rings. The fourth-order valence-electron chi connectivity index (χ4n) is 5.15. The van der Waals surface area contributed by atoms with E-state index in [0.717, 1.165) is 44.8 Å². The largest absolute Gasteiger partial charge is 0.355 e. The number of likely N-dealkylation sites (tertiary alicyclic amines) is 2. The second-order valence-electron chi connectivity index (χ2n) is 9.07. The van der Waals surface area contributed by atoms with Crippen LogP contribution in [0.5, 0.6) is 0 Å². The molecule has 2 saturated heterocycles. The molecule has 2 fully saturated rings. The first-order chi connectivity index (χ1) is 15.2. The molecule has 1 unspecified atom stereocenters. The van der Waals surface area contributed by atoms with Gasteiger partial charge in [0.15, 0.2) is 0 Å². The molecule has 0 bridgehead atoms. The van der Waals surface area contributed by atoms with Crippen molar-refractivity contribution in [3.05, 3.63) is 48.5 Å². The summed E-state index contributed by atoms with van der Waals surface area (Å²) in [4.78, 5) is 21.6. The Kier molecular flexibility index (Phi) is 7.76. The molecule has 4 heterocycles. The van der Waals surface area contributed by atoms with Crippen LogP contribution in [0.3, 0.4) is 0 Å². The molecule has 0 radical (unpaired) electrons. The average molecular weight is 424 g/mol. The van der Waals surface area contributed by atoms with E-state index in [-0.39, 0.29) is 5.91 Å². The van der Waals surface area contributed by atoms with Crippen LogP contribution >= 0.6 is 0 Å². The van der Waals surface area contributed by atoms with Crippen molar-refractivity contribution in [1.29, 1.82) is 0 Å². The molecule has 1 atom stereocenters. The normalized spacial score (nSPS) is 20.9. The van der Waals surface area contributed by atoms with Crippen molar-refractivity contribution < 1.29 is 4.79 Å². The van der Waals surface area contributed by atoms with Crippen LogP contribution in [0, 0.1) is 5.92 Å². The maximum Gasteiger partial charge on any atom is 0.220 e. The SMILES string of the molecule is CCN1CCCC1CNC(=O)CCC1CCN(Cc2cccn2-c2cccnc2)CC1. The first kappa shape index (κ1) is 22.0. The number of likely N-dealkylation sites (N-methyl/N-ethyl adjacent to an activating group) is 1. The van der Waals surface area contributed by atoms with E-state index in [9.17, 15) is 4.79 Å². The number of carbonyl (C=O) groups is 1. The molecule has 1 N–H and O–H groups in total. The molecule has 168 valence electrons. The van der Waals surface area contributed by atoms with Gasteiger partial charge < -0.3 is 9.88 Å². The van der Waals surface area contributed by atoms with Crippen LogP contribution in [-0.2, 0) is 11.3 Å². The van der Waals surface area contributed by atoms with Crippen molar-refractivity contribution in [3.8, 4) is 5.69 Å². The minimum atomic E-state index is 0.236. The second kappa shape index (κ2) is 10.9. The summed E-state index contributed by atoms with van der Waals surface area (Å²) in [6.45, 7) is 8.49. The molecular weight excluding hydrogens is 386 g/mol. The molecule has 0 aromatic carbocycles.